The van der Waals surface area contributed by atoms with E-state index in [-0.39, 0.29) is 18.5 Å². The zero-order valence-corrected chi connectivity index (χ0v) is 17.8. The van der Waals surface area contributed by atoms with E-state index < -0.39 is 0 Å². The van der Waals surface area contributed by atoms with Gasteiger partial charge in [0.2, 0.25) is 5.91 Å². The Hall–Kier alpha value is -3.00. The van der Waals surface area contributed by atoms with E-state index in [9.17, 15) is 4.79 Å². The molecule has 0 aliphatic rings. The molecule has 2 aromatic heterocycles. The lowest BCUT2D eigenvalue weighted by Crippen LogP contribution is -2.31. The first-order chi connectivity index (χ1) is 14.6. The topological polar surface area (TPSA) is 71.8 Å². The minimum Gasteiger partial charge on any atom is -0.323 e. The maximum absolute atomic E-state index is 12.7. The van der Waals surface area contributed by atoms with Crippen molar-refractivity contribution in [2.75, 3.05) is 11.9 Å². The summed E-state index contributed by atoms with van der Waals surface area (Å²) in [6.07, 6.45) is 3.01. The van der Waals surface area contributed by atoms with Crippen molar-refractivity contribution in [3.05, 3.63) is 93.7 Å². The van der Waals surface area contributed by atoms with Gasteiger partial charge in [0.15, 0.2) is 0 Å². The number of aromatic nitrogens is 3. The Kier molecular flexibility index (Phi) is 6.23. The molecule has 8 heteroatoms. The van der Waals surface area contributed by atoms with Crippen LogP contribution in [0.2, 0.25) is 5.02 Å². The van der Waals surface area contributed by atoms with E-state index in [1.54, 1.807) is 40.5 Å². The number of rotatable bonds is 7. The number of carbonyl (C=O) groups excluding carboxylic acids is 1. The van der Waals surface area contributed by atoms with Gasteiger partial charge in [-0.05, 0) is 42.1 Å². The molecule has 1 amide bonds. The fourth-order valence-corrected chi connectivity index (χ4v) is 4.13. The monoisotopic (exact) mass is 437 g/mol. The highest BCUT2D eigenvalue weighted by Gasteiger charge is 2.17. The molecule has 0 radical (unpaired) electrons. The molecule has 6 nitrogen and oxygen atoms in total. The first-order valence-corrected chi connectivity index (χ1v) is 10.6. The molecule has 1 atom stereocenters. The second kappa shape index (κ2) is 9.21. The van der Waals surface area contributed by atoms with Crippen LogP contribution in [-0.4, -0.2) is 27.2 Å². The van der Waals surface area contributed by atoms with Crippen molar-refractivity contribution in [3.8, 4) is 5.69 Å². The molecule has 2 N–H and O–H groups in total. The second-order valence-corrected chi connectivity index (χ2v) is 8.21. The quantitative estimate of drug-likeness (QED) is 0.443. The predicted octanol–water partition coefficient (Wildman–Crippen LogP) is 4.61. The Labute approximate surface area is 183 Å². The molecule has 2 heterocycles. The van der Waals surface area contributed by atoms with Crippen LogP contribution in [0.5, 0.6) is 0 Å². The second-order valence-electron chi connectivity index (χ2n) is 6.79. The summed E-state index contributed by atoms with van der Waals surface area (Å²) in [4.78, 5) is 17.9. The Morgan fingerprint density at radius 3 is 2.73 bits per heavy atom. The van der Waals surface area contributed by atoms with Gasteiger partial charge >= 0.3 is 0 Å². The summed E-state index contributed by atoms with van der Waals surface area (Å²) >= 11 is 7.80. The predicted molar refractivity (Wildman–Crippen MR) is 120 cm³/mol. The van der Waals surface area contributed by atoms with Crippen LogP contribution in [0.3, 0.4) is 0 Å². The van der Waals surface area contributed by atoms with Gasteiger partial charge < -0.3 is 5.32 Å². The van der Waals surface area contributed by atoms with Crippen LogP contribution in [0, 0.1) is 6.92 Å². The van der Waals surface area contributed by atoms with Gasteiger partial charge in [-0.15, -0.1) is 11.3 Å². The summed E-state index contributed by atoms with van der Waals surface area (Å²) in [6.45, 7) is 2.20. The van der Waals surface area contributed by atoms with Gasteiger partial charge in [0, 0.05) is 9.90 Å². The van der Waals surface area contributed by atoms with E-state index in [4.69, 9.17) is 11.6 Å². The van der Waals surface area contributed by atoms with Gasteiger partial charge in [-0.25, -0.2) is 9.67 Å². The molecule has 0 saturated carbocycles. The average Bonchev–Trinajstić information content (AvgIpc) is 3.44. The number of amides is 1. The van der Waals surface area contributed by atoms with Crippen LogP contribution in [0.15, 0.2) is 72.6 Å². The zero-order valence-electron chi connectivity index (χ0n) is 16.2. The van der Waals surface area contributed by atoms with E-state index in [0.29, 0.717) is 16.4 Å². The normalized spacial score (nSPS) is 11.9. The first-order valence-electron chi connectivity index (χ1n) is 9.38. The number of nitrogens with zero attached hydrogens (tertiary/aromatic N) is 3. The van der Waals surface area contributed by atoms with Gasteiger partial charge in [0.25, 0.3) is 0 Å². The summed E-state index contributed by atoms with van der Waals surface area (Å²) in [5, 5.41) is 13.0. The average molecular weight is 438 g/mol. The zero-order chi connectivity index (χ0) is 20.9. The Morgan fingerprint density at radius 2 is 2.03 bits per heavy atom. The Balaban J connectivity index is 1.50. The summed E-state index contributed by atoms with van der Waals surface area (Å²) in [6, 6.07) is 17.6. The van der Waals surface area contributed by atoms with Gasteiger partial charge in [0.1, 0.15) is 12.7 Å². The SMILES string of the molecule is Cc1ccc(C(NCC(=O)Nc2cc(Cl)ccc2-n2cncn2)c2cccs2)cc1. The molecule has 4 aromatic rings. The Morgan fingerprint density at radius 1 is 1.20 bits per heavy atom. The van der Waals surface area contributed by atoms with Crippen LogP contribution in [0.4, 0.5) is 5.69 Å². The summed E-state index contributed by atoms with van der Waals surface area (Å²) in [7, 11) is 0. The number of hydrogen-bond donors (Lipinski definition) is 2. The van der Waals surface area contributed by atoms with E-state index in [2.05, 4.69) is 58.0 Å². The summed E-state index contributed by atoms with van der Waals surface area (Å²) in [5.74, 6) is -0.174. The molecular weight excluding hydrogens is 418 g/mol. The number of hydrogen-bond acceptors (Lipinski definition) is 5. The minimum atomic E-state index is -0.174. The smallest absolute Gasteiger partial charge is 0.238 e. The highest BCUT2D eigenvalue weighted by Crippen LogP contribution is 2.27. The Bertz CT molecular complexity index is 1110. The number of halogens is 1. The van der Waals surface area contributed by atoms with Crippen LogP contribution in [0.25, 0.3) is 5.69 Å². The molecule has 152 valence electrons. The van der Waals surface area contributed by atoms with Gasteiger partial charge in [-0.3, -0.25) is 10.1 Å². The third-order valence-corrected chi connectivity index (χ3v) is 5.78. The van der Waals surface area contributed by atoms with Crippen LogP contribution < -0.4 is 10.6 Å². The van der Waals surface area contributed by atoms with Crippen molar-refractivity contribution < 1.29 is 4.79 Å². The van der Waals surface area contributed by atoms with Crippen molar-refractivity contribution in [3.63, 3.8) is 0 Å². The molecule has 1 unspecified atom stereocenters. The number of anilines is 1. The minimum absolute atomic E-state index is 0.0644. The molecule has 0 aliphatic heterocycles. The van der Waals surface area contributed by atoms with Crippen molar-refractivity contribution in [2.24, 2.45) is 0 Å². The lowest BCUT2D eigenvalue weighted by molar-refractivity contribution is -0.115. The summed E-state index contributed by atoms with van der Waals surface area (Å²) < 4.78 is 1.58. The number of thiophene rings is 1. The standard InChI is InChI=1S/C22H20ClN5OS/c1-15-4-6-16(7-5-15)22(20-3-2-10-30-20)25-12-21(29)27-18-11-17(23)8-9-19(18)28-14-24-13-26-28/h2-11,13-14,22,25H,12H2,1H3,(H,27,29). The largest absolute Gasteiger partial charge is 0.323 e. The van der Waals surface area contributed by atoms with Crippen molar-refractivity contribution in [1.82, 2.24) is 20.1 Å². The van der Waals surface area contributed by atoms with Crippen molar-refractivity contribution >= 4 is 34.5 Å². The van der Waals surface area contributed by atoms with Crippen LogP contribution >= 0.6 is 22.9 Å². The van der Waals surface area contributed by atoms with Crippen LogP contribution in [-0.2, 0) is 4.79 Å². The fourth-order valence-electron chi connectivity index (χ4n) is 3.13. The molecule has 4 rings (SSSR count). The molecule has 0 bridgehead atoms. The third-order valence-electron chi connectivity index (χ3n) is 4.60. The molecule has 0 aliphatic carbocycles. The van der Waals surface area contributed by atoms with Gasteiger partial charge in [0.05, 0.1) is 24.0 Å². The number of nitrogens with one attached hydrogen (secondary N) is 2. The molecule has 30 heavy (non-hydrogen) atoms. The fraction of sp³-hybridized carbons (Fsp3) is 0.136. The highest BCUT2D eigenvalue weighted by atomic mass is 35.5. The van der Waals surface area contributed by atoms with Gasteiger partial charge in [-0.2, -0.15) is 5.10 Å². The van der Waals surface area contributed by atoms with E-state index in [1.165, 1.54) is 11.9 Å². The molecule has 2 aromatic carbocycles. The number of carbonyl (C=O) groups is 1. The third kappa shape index (κ3) is 4.76. The lowest BCUT2D eigenvalue weighted by Gasteiger charge is -2.19. The lowest BCUT2D eigenvalue weighted by atomic mass is 10.0. The summed E-state index contributed by atoms with van der Waals surface area (Å²) in [5.41, 5.74) is 3.58. The number of benzene rings is 2. The van der Waals surface area contributed by atoms with Gasteiger partial charge in [-0.1, -0.05) is 47.5 Å². The molecule has 0 spiro atoms. The maximum atomic E-state index is 12.7. The van der Waals surface area contributed by atoms with Crippen molar-refractivity contribution in [1.29, 1.82) is 0 Å². The maximum Gasteiger partial charge on any atom is 0.238 e. The molecular formula is C22H20ClN5OS. The van der Waals surface area contributed by atoms with Crippen molar-refractivity contribution in [2.45, 2.75) is 13.0 Å². The van der Waals surface area contributed by atoms with E-state index in [1.807, 2.05) is 11.4 Å². The molecule has 0 saturated heterocycles. The molecule has 0 fully saturated rings. The highest BCUT2D eigenvalue weighted by molar-refractivity contribution is 7.10. The van der Waals surface area contributed by atoms with E-state index >= 15 is 0 Å². The van der Waals surface area contributed by atoms with Crippen LogP contribution in [0.1, 0.15) is 22.0 Å². The first kappa shape index (κ1) is 20.3. The van der Waals surface area contributed by atoms with E-state index in [0.717, 1.165) is 10.4 Å². The number of aryl methyl sites for hydroxylation is 1.